The van der Waals surface area contributed by atoms with Gasteiger partial charge in [0.1, 0.15) is 11.6 Å². The molecule has 1 aromatic rings. The van der Waals surface area contributed by atoms with Crippen molar-refractivity contribution in [2.45, 2.75) is 25.2 Å². The Morgan fingerprint density at radius 2 is 2.04 bits per heavy atom. The molecule has 6 nitrogen and oxygen atoms in total. The molecule has 136 valence electrons. The number of nitrogens with one attached hydrogen (secondary N) is 1. The van der Waals surface area contributed by atoms with Crippen LogP contribution in [0.3, 0.4) is 0 Å². The molecule has 1 saturated carbocycles. The van der Waals surface area contributed by atoms with Gasteiger partial charge >= 0.3 is 0 Å². The SMILES string of the molecule is c1cc(N2CCOCC2)nc(C2CCN(CC34CNCC3C4)CC2)n1. The molecule has 1 aliphatic carbocycles. The van der Waals surface area contributed by atoms with Crippen molar-refractivity contribution in [3.05, 3.63) is 18.1 Å². The van der Waals surface area contributed by atoms with Gasteiger partial charge in [-0.05, 0) is 56.3 Å². The number of hydrogen-bond donors (Lipinski definition) is 1. The minimum absolute atomic E-state index is 0.520. The van der Waals surface area contributed by atoms with Crippen LogP contribution in [0.5, 0.6) is 0 Å². The van der Waals surface area contributed by atoms with Crippen molar-refractivity contribution in [2.75, 3.05) is 63.9 Å². The molecule has 4 fully saturated rings. The zero-order valence-corrected chi connectivity index (χ0v) is 15.0. The summed E-state index contributed by atoms with van der Waals surface area (Å²) >= 11 is 0. The normalized spacial score (nSPS) is 33.4. The van der Waals surface area contributed by atoms with Crippen molar-refractivity contribution < 1.29 is 4.74 Å². The molecule has 0 amide bonds. The maximum atomic E-state index is 5.45. The molecule has 0 radical (unpaired) electrons. The average molecular weight is 343 g/mol. The predicted octanol–water partition coefficient (Wildman–Crippen LogP) is 1.10. The second-order valence-electron chi connectivity index (χ2n) is 8.32. The molecule has 1 aromatic heterocycles. The Balaban J connectivity index is 1.19. The second kappa shape index (κ2) is 6.49. The van der Waals surface area contributed by atoms with Crippen molar-refractivity contribution >= 4 is 5.82 Å². The summed E-state index contributed by atoms with van der Waals surface area (Å²) in [5.41, 5.74) is 0.625. The van der Waals surface area contributed by atoms with E-state index in [9.17, 15) is 0 Å². The first kappa shape index (κ1) is 16.0. The Kier molecular flexibility index (Phi) is 4.14. The number of piperidine rings is 2. The average Bonchev–Trinajstić information content (AvgIpc) is 3.21. The maximum absolute atomic E-state index is 5.45. The van der Waals surface area contributed by atoms with Gasteiger partial charge in [0.05, 0.1) is 13.2 Å². The van der Waals surface area contributed by atoms with Crippen molar-refractivity contribution in [2.24, 2.45) is 11.3 Å². The van der Waals surface area contributed by atoms with Crippen molar-refractivity contribution in [1.29, 1.82) is 0 Å². The Bertz CT molecular complexity index is 612. The molecule has 2 unspecified atom stereocenters. The number of ether oxygens (including phenoxy) is 1. The van der Waals surface area contributed by atoms with Crippen LogP contribution in [-0.4, -0.2) is 73.9 Å². The van der Waals surface area contributed by atoms with E-state index in [0.29, 0.717) is 11.3 Å². The number of aromatic nitrogens is 2. The Morgan fingerprint density at radius 3 is 2.76 bits per heavy atom. The molecule has 0 bridgehead atoms. The smallest absolute Gasteiger partial charge is 0.133 e. The number of nitrogens with zero attached hydrogens (tertiary/aromatic N) is 4. The predicted molar refractivity (Wildman–Crippen MR) is 96.9 cm³/mol. The van der Waals surface area contributed by atoms with E-state index < -0.39 is 0 Å². The third-order valence-corrected chi connectivity index (χ3v) is 6.71. The number of hydrogen-bond acceptors (Lipinski definition) is 6. The van der Waals surface area contributed by atoms with Crippen LogP contribution in [0.25, 0.3) is 0 Å². The van der Waals surface area contributed by atoms with E-state index >= 15 is 0 Å². The first-order chi connectivity index (χ1) is 12.3. The monoisotopic (exact) mass is 343 g/mol. The summed E-state index contributed by atoms with van der Waals surface area (Å²) < 4.78 is 5.45. The lowest BCUT2D eigenvalue weighted by Gasteiger charge is -2.34. The first-order valence-corrected chi connectivity index (χ1v) is 9.91. The van der Waals surface area contributed by atoms with E-state index in [0.717, 1.165) is 43.9 Å². The Hall–Kier alpha value is -1.24. The minimum Gasteiger partial charge on any atom is -0.378 e. The summed E-state index contributed by atoms with van der Waals surface area (Å²) in [7, 11) is 0. The summed E-state index contributed by atoms with van der Waals surface area (Å²) in [5.74, 6) is 3.60. The number of likely N-dealkylation sites (tertiary alicyclic amines) is 1. The van der Waals surface area contributed by atoms with E-state index in [1.807, 2.05) is 12.3 Å². The fourth-order valence-corrected chi connectivity index (χ4v) is 5.01. The van der Waals surface area contributed by atoms with Crippen LogP contribution < -0.4 is 10.2 Å². The highest BCUT2D eigenvalue weighted by Gasteiger charge is 2.57. The molecule has 6 heteroatoms. The standard InChI is InChI=1S/C19H29N5O/c1-4-21-18(22-17(1)24-7-9-25-10-8-24)15-2-5-23(6-3-15)14-19-11-16(19)12-20-13-19/h1,4,15-16,20H,2-3,5-14H2. The molecule has 0 spiro atoms. The number of rotatable bonds is 4. The summed E-state index contributed by atoms with van der Waals surface area (Å²) in [6.07, 6.45) is 5.78. The topological polar surface area (TPSA) is 53.5 Å². The van der Waals surface area contributed by atoms with Crippen LogP contribution in [0, 0.1) is 11.3 Å². The van der Waals surface area contributed by atoms with Crippen LogP contribution >= 0.6 is 0 Å². The van der Waals surface area contributed by atoms with Gasteiger partial charge in [0.25, 0.3) is 0 Å². The minimum atomic E-state index is 0.520. The lowest BCUT2D eigenvalue weighted by molar-refractivity contribution is 0.122. The van der Waals surface area contributed by atoms with Gasteiger partial charge in [0.15, 0.2) is 0 Å². The molecule has 4 heterocycles. The van der Waals surface area contributed by atoms with Gasteiger partial charge in [-0.1, -0.05) is 0 Å². The third-order valence-electron chi connectivity index (χ3n) is 6.71. The Morgan fingerprint density at radius 1 is 1.20 bits per heavy atom. The highest BCUT2D eigenvalue weighted by Crippen LogP contribution is 2.55. The van der Waals surface area contributed by atoms with E-state index in [-0.39, 0.29) is 0 Å². The van der Waals surface area contributed by atoms with E-state index in [2.05, 4.69) is 20.1 Å². The highest BCUT2D eigenvalue weighted by atomic mass is 16.5. The van der Waals surface area contributed by atoms with Gasteiger partial charge in [-0.3, -0.25) is 0 Å². The van der Waals surface area contributed by atoms with Crippen molar-refractivity contribution in [3.63, 3.8) is 0 Å². The van der Waals surface area contributed by atoms with Crippen LogP contribution in [0.15, 0.2) is 12.3 Å². The highest BCUT2D eigenvalue weighted by molar-refractivity contribution is 5.38. The van der Waals surface area contributed by atoms with Crippen molar-refractivity contribution in [1.82, 2.24) is 20.2 Å². The number of morpholine rings is 1. The van der Waals surface area contributed by atoms with Gasteiger partial charge in [-0.25, -0.2) is 9.97 Å². The van der Waals surface area contributed by atoms with E-state index in [4.69, 9.17) is 9.72 Å². The third kappa shape index (κ3) is 3.15. The molecule has 5 rings (SSSR count). The molecule has 3 saturated heterocycles. The van der Waals surface area contributed by atoms with Gasteiger partial charge in [-0.15, -0.1) is 0 Å². The number of fused-ring (bicyclic) bond motifs is 1. The first-order valence-electron chi connectivity index (χ1n) is 9.91. The van der Waals surface area contributed by atoms with E-state index in [1.54, 1.807) is 0 Å². The summed E-state index contributed by atoms with van der Waals surface area (Å²) in [6, 6.07) is 2.05. The fraction of sp³-hybridized carbons (Fsp3) is 0.789. The van der Waals surface area contributed by atoms with Crippen molar-refractivity contribution in [3.8, 4) is 0 Å². The summed E-state index contributed by atoms with van der Waals surface area (Å²) in [4.78, 5) is 14.5. The van der Waals surface area contributed by atoms with Gasteiger partial charge < -0.3 is 19.9 Å². The molecule has 0 aromatic carbocycles. The van der Waals surface area contributed by atoms with Crippen LogP contribution in [0.4, 0.5) is 5.82 Å². The van der Waals surface area contributed by atoms with Crippen LogP contribution in [-0.2, 0) is 4.74 Å². The van der Waals surface area contributed by atoms with Gasteiger partial charge in [0, 0.05) is 38.3 Å². The lowest BCUT2D eigenvalue weighted by atomic mass is 9.94. The fourth-order valence-electron chi connectivity index (χ4n) is 5.01. The second-order valence-corrected chi connectivity index (χ2v) is 8.32. The summed E-state index contributed by atoms with van der Waals surface area (Å²) in [5, 5.41) is 3.56. The molecular weight excluding hydrogens is 314 g/mol. The molecule has 2 atom stereocenters. The lowest BCUT2D eigenvalue weighted by Crippen LogP contribution is -2.39. The molecule has 4 aliphatic rings. The van der Waals surface area contributed by atoms with Gasteiger partial charge in [0.2, 0.25) is 0 Å². The quantitative estimate of drug-likeness (QED) is 0.884. The van der Waals surface area contributed by atoms with Crippen LogP contribution in [0.2, 0.25) is 0 Å². The van der Waals surface area contributed by atoms with Gasteiger partial charge in [-0.2, -0.15) is 0 Å². The molecule has 1 N–H and O–H groups in total. The molecular formula is C19H29N5O. The number of anilines is 1. The summed E-state index contributed by atoms with van der Waals surface area (Å²) in [6.45, 7) is 9.66. The largest absolute Gasteiger partial charge is 0.378 e. The molecule has 3 aliphatic heterocycles. The zero-order valence-electron chi connectivity index (χ0n) is 15.0. The Labute approximate surface area is 150 Å². The molecule has 25 heavy (non-hydrogen) atoms. The van der Waals surface area contributed by atoms with E-state index in [1.165, 1.54) is 52.0 Å². The zero-order chi connectivity index (χ0) is 16.7. The van der Waals surface area contributed by atoms with Crippen LogP contribution in [0.1, 0.15) is 31.0 Å². The maximum Gasteiger partial charge on any atom is 0.133 e.